The van der Waals surface area contributed by atoms with Gasteiger partial charge in [0.05, 0.1) is 30.4 Å². The molecular weight excluding hydrogens is 776 g/mol. The third kappa shape index (κ3) is 9.09. The van der Waals surface area contributed by atoms with Crippen molar-refractivity contribution in [3.05, 3.63) is 142 Å². The lowest BCUT2D eigenvalue weighted by Crippen LogP contribution is -2.52. The number of halogens is 8. The van der Waals surface area contributed by atoms with Gasteiger partial charge in [-0.1, -0.05) is 18.2 Å². The number of hydrogen-bond donors (Lipinski definition) is 2. The van der Waals surface area contributed by atoms with Gasteiger partial charge in [-0.3, -0.25) is 14.5 Å². The second kappa shape index (κ2) is 16.3. The highest BCUT2D eigenvalue weighted by Crippen LogP contribution is 2.40. The minimum atomic E-state index is -5.06. The fraction of sp³-hybridized carbons (Fsp3) is 0.286. The smallest absolute Gasteiger partial charge is 0.361 e. The van der Waals surface area contributed by atoms with E-state index in [1.165, 1.54) is 60.4 Å². The monoisotopic (exact) mass is 812 g/mol. The number of hydrogen-bond acceptors (Lipinski definition) is 5. The van der Waals surface area contributed by atoms with Crippen LogP contribution in [-0.4, -0.2) is 65.7 Å². The zero-order valence-electron chi connectivity index (χ0n) is 30.8. The van der Waals surface area contributed by atoms with Crippen molar-refractivity contribution in [2.45, 2.75) is 44.1 Å². The van der Waals surface area contributed by atoms with Crippen LogP contribution < -0.4 is 5.32 Å². The standard InChI is InChI=1S/C42H36F8N4O4/c1-24(28-18-29(41(45,46)47)20-30(19-28)42(48,49)50)58-40-38(26-2-6-31(43)7-3-26)54(16-17-57-40)37(55)23-53-14-12-25(13-15-53)35-22-51-36-11-10-33(21-34(35)36)52-39(56)27-4-8-32(44)9-5-27/h2-12,18-22,24,38,40,51H,13-17,23H2,1H3,(H,52,56)/t24?,38-,40+/m0/s1. The summed E-state index contributed by atoms with van der Waals surface area (Å²) in [5.41, 5.74) is 0.617. The molecule has 2 N–H and O–H groups in total. The maximum atomic E-state index is 14.0. The molecule has 7 rings (SSSR count). The van der Waals surface area contributed by atoms with Crippen LogP contribution in [-0.2, 0) is 26.6 Å². The molecule has 3 heterocycles. The quantitative estimate of drug-likeness (QED) is 0.145. The number of aromatic nitrogens is 1. The summed E-state index contributed by atoms with van der Waals surface area (Å²) in [4.78, 5) is 33.4. The zero-order chi connectivity index (χ0) is 41.4. The minimum absolute atomic E-state index is 0.0323. The van der Waals surface area contributed by atoms with Crippen molar-refractivity contribution in [2.24, 2.45) is 0 Å². The van der Waals surface area contributed by atoms with Crippen LogP contribution in [0.1, 0.15) is 63.7 Å². The van der Waals surface area contributed by atoms with Crippen LogP contribution in [0.25, 0.3) is 16.5 Å². The molecule has 4 aromatic carbocycles. The van der Waals surface area contributed by atoms with Crippen LogP contribution in [0.2, 0.25) is 0 Å². The number of benzene rings is 4. The predicted octanol–water partition coefficient (Wildman–Crippen LogP) is 9.53. The fourth-order valence-electron chi connectivity index (χ4n) is 7.18. The van der Waals surface area contributed by atoms with Gasteiger partial charge in [0.2, 0.25) is 5.91 Å². The molecular formula is C42H36F8N4O4. The van der Waals surface area contributed by atoms with Crippen LogP contribution in [0, 0.1) is 11.6 Å². The van der Waals surface area contributed by atoms with Crippen LogP contribution in [0.3, 0.4) is 0 Å². The molecule has 3 atom stereocenters. The zero-order valence-corrected chi connectivity index (χ0v) is 30.8. The van der Waals surface area contributed by atoms with Gasteiger partial charge >= 0.3 is 12.4 Å². The highest BCUT2D eigenvalue weighted by molar-refractivity contribution is 6.05. The Labute approximate surface area is 327 Å². The molecule has 58 heavy (non-hydrogen) atoms. The number of ether oxygens (including phenoxy) is 2. The topological polar surface area (TPSA) is 86.9 Å². The van der Waals surface area contributed by atoms with Crippen LogP contribution in [0.4, 0.5) is 40.8 Å². The lowest BCUT2D eigenvalue weighted by molar-refractivity contribution is -0.229. The van der Waals surface area contributed by atoms with E-state index in [9.17, 15) is 44.7 Å². The van der Waals surface area contributed by atoms with Crippen molar-refractivity contribution < 1.29 is 54.2 Å². The third-order valence-electron chi connectivity index (χ3n) is 10.2. The highest BCUT2D eigenvalue weighted by Gasteiger charge is 2.41. The maximum absolute atomic E-state index is 14.0. The number of nitrogens with zero attached hydrogens (tertiary/aromatic N) is 2. The molecule has 8 nitrogen and oxygen atoms in total. The van der Waals surface area contributed by atoms with Gasteiger partial charge in [0.1, 0.15) is 17.7 Å². The number of fused-ring (bicyclic) bond motifs is 1. The second-order valence-corrected chi connectivity index (χ2v) is 14.1. The SMILES string of the molecule is CC(O[C@H]1OCCN(C(=O)CN2CC=C(c3c[nH]c4ccc(NC(=O)c5ccc(F)cc5)cc34)CC2)[C@H]1c1ccc(F)cc1)c1cc(C(F)(F)F)cc(C(F)(F)F)c1. The predicted molar refractivity (Wildman–Crippen MR) is 198 cm³/mol. The summed E-state index contributed by atoms with van der Waals surface area (Å²) < 4.78 is 121. The Hall–Kier alpha value is -5.58. The van der Waals surface area contributed by atoms with E-state index in [-0.39, 0.29) is 31.7 Å². The number of carbonyl (C=O) groups is 2. The summed E-state index contributed by atoms with van der Waals surface area (Å²) in [7, 11) is 0. The van der Waals surface area contributed by atoms with Crippen LogP contribution in [0.15, 0.2) is 97.2 Å². The molecule has 1 saturated heterocycles. The van der Waals surface area contributed by atoms with Gasteiger partial charge in [-0.2, -0.15) is 26.3 Å². The molecule has 0 aliphatic carbocycles. The first-order valence-corrected chi connectivity index (χ1v) is 18.2. The molecule has 0 saturated carbocycles. The van der Waals surface area contributed by atoms with Gasteiger partial charge in [0.15, 0.2) is 6.29 Å². The lowest BCUT2D eigenvalue weighted by Gasteiger charge is -2.42. The summed E-state index contributed by atoms with van der Waals surface area (Å²) >= 11 is 0. The van der Waals surface area contributed by atoms with Crippen molar-refractivity contribution in [2.75, 3.05) is 38.1 Å². The summed E-state index contributed by atoms with van der Waals surface area (Å²) in [5.74, 6) is -1.75. The van der Waals surface area contributed by atoms with Crippen LogP contribution >= 0.6 is 0 Å². The Morgan fingerprint density at radius 1 is 0.879 bits per heavy atom. The Morgan fingerprint density at radius 2 is 1.53 bits per heavy atom. The maximum Gasteiger partial charge on any atom is 0.416 e. The number of morpholine rings is 1. The van der Waals surface area contributed by atoms with E-state index in [0.717, 1.165) is 22.0 Å². The Kier molecular flexibility index (Phi) is 11.4. The number of carbonyl (C=O) groups excluding carboxylic acids is 2. The van der Waals surface area contributed by atoms with Gasteiger partial charge < -0.3 is 24.7 Å². The average Bonchev–Trinajstić information content (AvgIpc) is 3.61. The molecule has 1 aromatic heterocycles. The molecule has 16 heteroatoms. The summed E-state index contributed by atoms with van der Waals surface area (Å²) in [6.45, 7) is 2.17. The third-order valence-corrected chi connectivity index (χ3v) is 10.2. The normalized spacial score (nSPS) is 18.6. The van der Waals surface area contributed by atoms with Crippen molar-refractivity contribution in [3.63, 3.8) is 0 Å². The van der Waals surface area contributed by atoms with E-state index in [0.29, 0.717) is 48.5 Å². The van der Waals surface area contributed by atoms with E-state index in [2.05, 4.69) is 10.3 Å². The van der Waals surface area contributed by atoms with Crippen molar-refractivity contribution in [1.82, 2.24) is 14.8 Å². The van der Waals surface area contributed by atoms with Gasteiger partial charge in [-0.05, 0) is 103 Å². The highest BCUT2D eigenvalue weighted by atomic mass is 19.4. The number of alkyl halides is 6. The Balaban J connectivity index is 1.06. The van der Waals surface area contributed by atoms with Gasteiger partial charge in [-0.25, -0.2) is 8.78 Å². The summed E-state index contributed by atoms with van der Waals surface area (Å²) in [6, 6.07) is 16.0. The Bertz CT molecular complexity index is 2290. The number of aromatic amines is 1. The fourth-order valence-corrected chi connectivity index (χ4v) is 7.18. The molecule has 0 bridgehead atoms. The molecule has 0 radical (unpaired) electrons. The van der Waals surface area contributed by atoms with E-state index < -0.39 is 65.0 Å². The van der Waals surface area contributed by atoms with Crippen molar-refractivity contribution in [1.29, 1.82) is 0 Å². The number of nitrogens with one attached hydrogen (secondary N) is 2. The van der Waals surface area contributed by atoms with Gasteiger partial charge in [0.25, 0.3) is 5.91 Å². The first-order chi connectivity index (χ1) is 27.5. The van der Waals surface area contributed by atoms with Gasteiger partial charge in [0, 0.05) is 53.5 Å². The lowest BCUT2D eigenvalue weighted by atomic mass is 9.98. The van der Waals surface area contributed by atoms with Gasteiger partial charge in [-0.15, -0.1) is 0 Å². The molecule has 2 aliphatic heterocycles. The number of amides is 2. The van der Waals surface area contributed by atoms with Crippen LogP contribution in [0.5, 0.6) is 0 Å². The second-order valence-electron chi connectivity index (χ2n) is 14.1. The number of H-pyrrole nitrogens is 1. The molecule has 2 amide bonds. The van der Waals surface area contributed by atoms with Crippen molar-refractivity contribution in [3.8, 4) is 0 Å². The minimum Gasteiger partial charge on any atom is -0.361 e. The first kappa shape index (κ1) is 40.6. The molecule has 1 unspecified atom stereocenters. The molecule has 2 aliphatic rings. The van der Waals surface area contributed by atoms with Crippen molar-refractivity contribution >= 4 is 34.0 Å². The first-order valence-electron chi connectivity index (χ1n) is 18.2. The Morgan fingerprint density at radius 3 is 2.16 bits per heavy atom. The molecule has 0 spiro atoms. The average molecular weight is 813 g/mol. The van der Waals surface area contributed by atoms with E-state index in [4.69, 9.17) is 9.47 Å². The molecule has 5 aromatic rings. The van der Waals surface area contributed by atoms with E-state index in [1.807, 2.05) is 29.3 Å². The number of rotatable bonds is 9. The largest absolute Gasteiger partial charge is 0.416 e. The number of anilines is 1. The van der Waals surface area contributed by atoms with E-state index in [1.54, 1.807) is 6.07 Å². The van der Waals surface area contributed by atoms with E-state index >= 15 is 0 Å². The molecule has 304 valence electrons. The summed E-state index contributed by atoms with van der Waals surface area (Å²) in [5, 5.41) is 3.71. The summed E-state index contributed by atoms with van der Waals surface area (Å²) in [6.07, 6.45) is -8.37. The molecule has 1 fully saturated rings.